The molecule has 0 unspecified atom stereocenters. The molecule has 0 saturated carbocycles. The molecule has 0 bridgehead atoms. The molecule has 0 saturated heterocycles. The Bertz CT molecular complexity index is 1210. The highest BCUT2D eigenvalue weighted by atomic mass is 35.5. The van der Waals surface area contributed by atoms with E-state index in [0.717, 1.165) is 16.7 Å². The average Bonchev–Trinajstić information content (AvgIpc) is 3.24. The number of hydrogen-bond donors (Lipinski definition) is 1. The zero-order valence-electron chi connectivity index (χ0n) is 14.1. The first kappa shape index (κ1) is 18.2. The summed E-state index contributed by atoms with van der Waals surface area (Å²) in [6, 6.07) is 3.40. The molecule has 11 heteroatoms. The average molecular weight is 412 g/mol. The Labute approximate surface area is 159 Å². The number of benzene rings is 1. The predicted octanol–water partition coefficient (Wildman–Crippen LogP) is 4.75. The Morgan fingerprint density at radius 2 is 1.89 bits per heavy atom. The standard InChI is InChI=1S/C17H10ClF4N5O/c1-7-2-12(23)11(19)4-9(7)14-25-16(28-26-14)13-6-27-5-8(17(20,21)22)3-10(18)15(27)24-13/h2-6H,23H2,1H3. The molecule has 0 aliphatic carbocycles. The number of aryl methyl sites for hydroxylation is 1. The van der Waals surface area contributed by atoms with Crippen LogP contribution >= 0.6 is 11.6 Å². The number of nitrogen functional groups attached to an aromatic ring is 1. The van der Waals surface area contributed by atoms with Crippen LogP contribution in [0.25, 0.3) is 28.6 Å². The fraction of sp³-hybridized carbons (Fsp3) is 0.118. The van der Waals surface area contributed by atoms with Crippen LogP contribution in [0.5, 0.6) is 0 Å². The largest absolute Gasteiger partial charge is 0.417 e. The molecular weight excluding hydrogens is 402 g/mol. The van der Waals surface area contributed by atoms with Crippen LogP contribution in [0.3, 0.4) is 0 Å². The molecule has 0 aliphatic heterocycles. The van der Waals surface area contributed by atoms with Gasteiger partial charge in [-0.2, -0.15) is 18.2 Å². The van der Waals surface area contributed by atoms with Crippen molar-refractivity contribution in [1.29, 1.82) is 0 Å². The van der Waals surface area contributed by atoms with Crippen molar-refractivity contribution in [2.24, 2.45) is 0 Å². The van der Waals surface area contributed by atoms with Gasteiger partial charge in [-0.05, 0) is 30.7 Å². The van der Waals surface area contributed by atoms with Gasteiger partial charge >= 0.3 is 6.18 Å². The van der Waals surface area contributed by atoms with Gasteiger partial charge in [-0.1, -0.05) is 16.8 Å². The van der Waals surface area contributed by atoms with Gasteiger partial charge in [-0.25, -0.2) is 9.37 Å². The van der Waals surface area contributed by atoms with Crippen molar-refractivity contribution in [2.75, 3.05) is 5.73 Å². The van der Waals surface area contributed by atoms with E-state index < -0.39 is 17.6 Å². The minimum atomic E-state index is -4.56. The van der Waals surface area contributed by atoms with Gasteiger partial charge < -0.3 is 14.7 Å². The number of nitrogens with two attached hydrogens (primary N) is 1. The molecule has 0 atom stereocenters. The maximum atomic E-state index is 13.8. The Kier molecular flexibility index (Phi) is 4.03. The van der Waals surface area contributed by atoms with Crippen molar-refractivity contribution in [2.45, 2.75) is 13.1 Å². The summed E-state index contributed by atoms with van der Waals surface area (Å²) in [5, 5.41) is 3.60. The minimum Gasteiger partial charge on any atom is -0.396 e. The quantitative estimate of drug-likeness (QED) is 0.380. The van der Waals surface area contributed by atoms with Crippen LogP contribution in [0, 0.1) is 12.7 Å². The normalized spacial score (nSPS) is 12.1. The monoisotopic (exact) mass is 411 g/mol. The van der Waals surface area contributed by atoms with E-state index >= 15 is 0 Å². The lowest BCUT2D eigenvalue weighted by Crippen LogP contribution is -2.06. The first-order chi connectivity index (χ1) is 13.1. The number of aromatic nitrogens is 4. The highest BCUT2D eigenvalue weighted by Crippen LogP contribution is 2.33. The number of imidazole rings is 1. The first-order valence-electron chi connectivity index (χ1n) is 7.79. The molecule has 0 spiro atoms. The molecule has 2 N–H and O–H groups in total. The molecule has 0 radical (unpaired) electrons. The van der Waals surface area contributed by atoms with Crippen LogP contribution < -0.4 is 5.73 Å². The lowest BCUT2D eigenvalue weighted by molar-refractivity contribution is -0.137. The molecule has 1 aromatic carbocycles. The van der Waals surface area contributed by atoms with Gasteiger partial charge in [0.2, 0.25) is 5.82 Å². The minimum absolute atomic E-state index is 0.0135. The third-order valence-corrected chi connectivity index (χ3v) is 4.34. The number of halogens is 5. The number of fused-ring (bicyclic) bond motifs is 1. The Morgan fingerprint density at radius 3 is 2.61 bits per heavy atom. The summed E-state index contributed by atoms with van der Waals surface area (Å²) < 4.78 is 58.9. The summed E-state index contributed by atoms with van der Waals surface area (Å²) >= 11 is 5.92. The van der Waals surface area contributed by atoms with E-state index in [0.29, 0.717) is 11.1 Å². The van der Waals surface area contributed by atoms with E-state index in [-0.39, 0.29) is 33.8 Å². The summed E-state index contributed by atoms with van der Waals surface area (Å²) in [5.41, 5.74) is 5.79. The second kappa shape index (κ2) is 6.20. The van der Waals surface area contributed by atoms with E-state index in [1.807, 2.05) is 0 Å². The smallest absolute Gasteiger partial charge is 0.396 e. The second-order valence-corrected chi connectivity index (χ2v) is 6.45. The van der Waals surface area contributed by atoms with Gasteiger partial charge in [0.05, 0.1) is 16.3 Å². The van der Waals surface area contributed by atoms with Crippen molar-refractivity contribution in [3.05, 3.63) is 52.6 Å². The Morgan fingerprint density at radius 1 is 1.14 bits per heavy atom. The SMILES string of the molecule is Cc1cc(N)c(F)cc1-c1noc(-c2cn3cc(C(F)(F)F)cc(Cl)c3n2)n1. The fourth-order valence-electron chi connectivity index (χ4n) is 2.70. The summed E-state index contributed by atoms with van der Waals surface area (Å²) in [6.07, 6.45) is -2.42. The molecule has 0 aliphatic rings. The van der Waals surface area contributed by atoms with Gasteiger partial charge in [-0.3, -0.25) is 0 Å². The maximum Gasteiger partial charge on any atom is 0.417 e. The van der Waals surface area contributed by atoms with Gasteiger partial charge in [0, 0.05) is 18.0 Å². The van der Waals surface area contributed by atoms with Crippen molar-refractivity contribution >= 4 is 22.9 Å². The lowest BCUT2D eigenvalue weighted by Gasteiger charge is -2.07. The number of alkyl halides is 3. The molecule has 3 heterocycles. The predicted molar refractivity (Wildman–Crippen MR) is 93.0 cm³/mol. The zero-order chi connectivity index (χ0) is 20.2. The maximum absolute atomic E-state index is 13.8. The summed E-state index contributed by atoms with van der Waals surface area (Å²) in [4.78, 5) is 8.29. The molecule has 0 fully saturated rings. The van der Waals surface area contributed by atoms with Crippen LogP contribution in [-0.2, 0) is 6.18 Å². The van der Waals surface area contributed by atoms with Crippen LogP contribution in [0.4, 0.5) is 23.2 Å². The van der Waals surface area contributed by atoms with E-state index in [9.17, 15) is 17.6 Å². The van der Waals surface area contributed by atoms with Crippen LogP contribution in [-0.4, -0.2) is 19.5 Å². The third-order valence-electron chi connectivity index (χ3n) is 4.06. The van der Waals surface area contributed by atoms with Crippen LogP contribution in [0.15, 0.2) is 35.1 Å². The van der Waals surface area contributed by atoms with Crippen molar-refractivity contribution in [3.8, 4) is 23.0 Å². The molecule has 6 nitrogen and oxygen atoms in total. The third kappa shape index (κ3) is 3.05. The van der Waals surface area contributed by atoms with Gasteiger partial charge in [-0.15, -0.1) is 0 Å². The molecule has 0 amide bonds. The van der Waals surface area contributed by atoms with Crippen molar-refractivity contribution < 1.29 is 22.1 Å². The van der Waals surface area contributed by atoms with E-state index in [2.05, 4.69) is 15.1 Å². The summed E-state index contributed by atoms with van der Waals surface area (Å²) in [5.74, 6) is -0.600. The second-order valence-electron chi connectivity index (χ2n) is 6.04. The molecular formula is C17H10ClF4N5O. The number of nitrogens with zero attached hydrogens (tertiary/aromatic N) is 4. The van der Waals surface area contributed by atoms with Crippen molar-refractivity contribution in [1.82, 2.24) is 19.5 Å². The number of rotatable bonds is 2. The molecule has 4 aromatic rings. The summed E-state index contributed by atoms with van der Waals surface area (Å²) in [7, 11) is 0. The topological polar surface area (TPSA) is 82.2 Å². The van der Waals surface area contributed by atoms with E-state index in [1.165, 1.54) is 18.3 Å². The van der Waals surface area contributed by atoms with E-state index in [1.54, 1.807) is 6.92 Å². The molecule has 28 heavy (non-hydrogen) atoms. The van der Waals surface area contributed by atoms with E-state index in [4.69, 9.17) is 21.9 Å². The molecule has 3 aromatic heterocycles. The Hall–Kier alpha value is -3.14. The number of anilines is 1. The van der Waals surface area contributed by atoms with Gasteiger partial charge in [0.15, 0.2) is 5.65 Å². The summed E-state index contributed by atoms with van der Waals surface area (Å²) in [6.45, 7) is 1.70. The number of pyridine rings is 1. The highest BCUT2D eigenvalue weighted by Gasteiger charge is 2.32. The number of hydrogen-bond acceptors (Lipinski definition) is 5. The van der Waals surface area contributed by atoms with Gasteiger partial charge in [0.25, 0.3) is 5.89 Å². The zero-order valence-corrected chi connectivity index (χ0v) is 14.8. The van der Waals surface area contributed by atoms with Crippen molar-refractivity contribution in [3.63, 3.8) is 0 Å². The molecule has 144 valence electrons. The lowest BCUT2D eigenvalue weighted by atomic mass is 10.1. The highest BCUT2D eigenvalue weighted by molar-refractivity contribution is 6.33. The fourth-order valence-corrected chi connectivity index (χ4v) is 2.95. The Balaban J connectivity index is 1.78. The van der Waals surface area contributed by atoms with Crippen LogP contribution in [0.1, 0.15) is 11.1 Å². The molecule has 4 rings (SSSR count). The van der Waals surface area contributed by atoms with Crippen LogP contribution in [0.2, 0.25) is 5.02 Å². The van der Waals surface area contributed by atoms with Gasteiger partial charge in [0.1, 0.15) is 11.5 Å². The first-order valence-corrected chi connectivity index (χ1v) is 8.17.